The maximum atomic E-state index is 4.47. The average molecular weight is 247 g/mol. The minimum absolute atomic E-state index is 0.304. The van der Waals surface area contributed by atoms with Gasteiger partial charge in [0.25, 0.3) is 0 Å². The monoisotopic (exact) mass is 247 g/mol. The van der Waals surface area contributed by atoms with Crippen molar-refractivity contribution < 1.29 is 0 Å². The van der Waals surface area contributed by atoms with Crippen LogP contribution in [0.15, 0.2) is 29.8 Å². The van der Waals surface area contributed by atoms with Crippen LogP contribution in [0.3, 0.4) is 0 Å². The van der Waals surface area contributed by atoms with Crippen molar-refractivity contribution in [2.75, 3.05) is 7.05 Å². The average Bonchev–Trinajstić information content (AvgIpc) is 2.83. The molecule has 0 radical (unpaired) electrons. The van der Waals surface area contributed by atoms with E-state index in [-0.39, 0.29) is 0 Å². The van der Waals surface area contributed by atoms with Crippen LogP contribution < -0.4 is 5.32 Å². The molecule has 2 heterocycles. The van der Waals surface area contributed by atoms with Crippen LogP contribution in [-0.4, -0.2) is 17.0 Å². The SMILES string of the molecule is CNC(CCc1cccs1)c1ccnc(C)n1. The fourth-order valence-corrected chi connectivity index (χ4v) is 2.57. The fraction of sp³-hybridized carbons (Fsp3) is 0.385. The molecule has 0 saturated heterocycles. The second-order valence-corrected chi connectivity index (χ2v) is 5.02. The van der Waals surface area contributed by atoms with E-state index in [9.17, 15) is 0 Å². The molecule has 0 aliphatic carbocycles. The first-order chi connectivity index (χ1) is 8.29. The zero-order valence-electron chi connectivity index (χ0n) is 10.2. The van der Waals surface area contributed by atoms with Crippen LogP contribution >= 0.6 is 11.3 Å². The summed E-state index contributed by atoms with van der Waals surface area (Å²) < 4.78 is 0. The molecule has 2 rings (SSSR count). The Hall–Kier alpha value is -1.26. The van der Waals surface area contributed by atoms with Crippen LogP contribution in [0.2, 0.25) is 0 Å². The maximum absolute atomic E-state index is 4.47. The quantitative estimate of drug-likeness (QED) is 0.883. The molecular formula is C13H17N3S. The Bertz CT molecular complexity index is 453. The number of nitrogens with zero attached hydrogens (tertiary/aromatic N) is 2. The smallest absolute Gasteiger partial charge is 0.125 e. The third-order valence-corrected chi connectivity index (χ3v) is 3.70. The molecule has 1 atom stereocenters. The molecule has 90 valence electrons. The molecule has 4 heteroatoms. The fourth-order valence-electron chi connectivity index (χ4n) is 1.85. The first kappa shape index (κ1) is 12.2. The van der Waals surface area contributed by atoms with E-state index in [2.05, 4.69) is 32.8 Å². The zero-order valence-corrected chi connectivity index (χ0v) is 11.0. The molecule has 0 aliphatic heterocycles. The van der Waals surface area contributed by atoms with Crippen molar-refractivity contribution in [3.05, 3.63) is 46.2 Å². The standard InChI is InChI=1S/C13H17N3S/c1-10-15-8-7-13(16-10)12(14-2)6-5-11-4-3-9-17-11/h3-4,7-9,12,14H,5-6H2,1-2H3. The normalized spacial score (nSPS) is 12.6. The maximum Gasteiger partial charge on any atom is 0.125 e. The van der Waals surface area contributed by atoms with Crippen molar-refractivity contribution in [3.8, 4) is 0 Å². The van der Waals surface area contributed by atoms with E-state index >= 15 is 0 Å². The molecule has 0 amide bonds. The highest BCUT2D eigenvalue weighted by Gasteiger charge is 2.11. The van der Waals surface area contributed by atoms with Crippen molar-refractivity contribution in [3.63, 3.8) is 0 Å². The van der Waals surface area contributed by atoms with Crippen LogP contribution in [0.4, 0.5) is 0 Å². The molecule has 2 aromatic heterocycles. The molecule has 0 aliphatic rings. The highest BCUT2D eigenvalue weighted by Crippen LogP contribution is 2.19. The van der Waals surface area contributed by atoms with Gasteiger partial charge in [-0.15, -0.1) is 11.3 Å². The van der Waals surface area contributed by atoms with Crippen LogP contribution in [0.5, 0.6) is 0 Å². The summed E-state index contributed by atoms with van der Waals surface area (Å²) in [6.07, 6.45) is 3.98. The Morgan fingerprint density at radius 2 is 2.29 bits per heavy atom. The lowest BCUT2D eigenvalue weighted by Crippen LogP contribution is -2.18. The minimum atomic E-state index is 0.304. The molecular weight excluding hydrogens is 230 g/mol. The summed E-state index contributed by atoms with van der Waals surface area (Å²) in [6, 6.07) is 6.58. The van der Waals surface area contributed by atoms with E-state index in [0.29, 0.717) is 6.04 Å². The largest absolute Gasteiger partial charge is 0.312 e. The summed E-state index contributed by atoms with van der Waals surface area (Å²) in [4.78, 5) is 10.0. The van der Waals surface area contributed by atoms with Gasteiger partial charge >= 0.3 is 0 Å². The van der Waals surface area contributed by atoms with Crippen molar-refractivity contribution in [2.24, 2.45) is 0 Å². The molecule has 0 aromatic carbocycles. The van der Waals surface area contributed by atoms with Gasteiger partial charge in [0.05, 0.1) is 5.69 Å². The van der Waals surface area contributed by atoms with Crippen LogP contribution in [-0.2, 0) is 6.42 Å². The van der Waals surface area contributed by atoms with Crippen molar-refractivity contribution in [2.45, 2.75) is 25.8 Å². The second kappa shape index (κ2) is 5.89. The van der Waals surface area contributed by atoms with Gasteiger partial charge < -0.3 is 5.32 Å². The molecule has 0 spiro atoms. The molecule has 1 unspecified atom stereocenters. The summed E-state index contributed by atoms with van der Waals surface area (Å²) >= 11 is 1.81. The van der Waals surface area contributed by atoms with Gasteiger partial charge in [0.15, 0.2) is 0 Å². The Labute approximate surface area is 106 Å². The highest BCUT2D eigenvalue weighted by molar-refractivity contribution is 7.09. The first-order valence-corrected chi connectivity index (χ1v) is 6.67. The number of thiophene rings is 1. The third-order valence-electron chi connectivity index (χ3n) is 2.76. The van der Waals surface area contributed by atoms with Gasteiger partial charge in [0, 0.05) is 17.1 Å². The zero-order chi connectivity index (χ0) is 12.1. The lowest BCUT2D eigenvalue weighted by atomic mass is 10.1. The summed E-state index contributed by atoms with van der Waals surface area (Å²) in [5.41, 5.74) is 1.08. The summed E-state index contributed by atoms with van der Waals surface area (Å²) in [7, 11) is 1.98. The molecule has 3 nitrogen and oxygen atoms in total. The number of aromatic nitrogens is 2. The Balaban J connectivity index is 2.01. The van der Waals surface area contributed by atoms with Gasteiger partial charge in [-0.1, -0.05) is 6.07 Å². The molecule has 0 bridgehead atoms. The summed E-state index contributed by atoms with van der Waals surface area (Å²) in [5, 5.41) is 5.45. The van der Waals surface area contributed by atoms with Crippen molar-refractivity contribution in [1.82, 2.24) is 15.3 Å². The van der Waals surface area contributed by atoms with E-state index in [1.54, 1.807) is 0 Å². The number of aryl methyl sites for hydroxylation is 2. The van der Waals surface area contributed by atoms with Gasteiger partial charge in [-0.25, -0.2) is 9.97 Å². The predicted octanol–water partition coefficient (Wildman–Crippen LogP) is 2.74. The third kappa shape index (κ3) is 3.35. The molecule has 1 N–H and O–H groups in total. The Morgan fingerprint density at radius 3 is 2.94 bits per heavy atom. The molecule has 2 aromatic rings. The van der Waals surface area contributed by atoms with E-state index in [0.717, 1.165) is 24.4 Å². The van der Waals surface area contributed by atoms with Gasteiger partial charge in [-0.05, 0) is 44.3 Å². The van der Waals surface area contributed by atoms with Gasteiger partial charge in [-0.2, -0.15) is 0 Å². The number of rotatable bonds is 5. The second-order valence-electron chi connectivity index (χ2n) is 3.99. The molecule has 0 fully saturated rings. The lowest BCUT2D eigenvalue weighted by molar-refractivity contribution is 0.535. The lowest BCUT2D eigenvalue weighted by Gasteiger charge is -2.15. The topological polar surface area (TPSA) is 37.8 Å². The molecule has 0 saturated carbocycles. The first-order valence-electron chi connectivity index (χ1n) is 5.79. The molecule has 17 heavy (non-hydrogen) atoms. The van der Waals surface area contributed by atoms with Crippen LogP contribution in [0.1, 0.15) is 28.9 Å². The van der Waals surface area contributed by atoms with Gasteiger partial charge in [0.2, 0.25) is 0 Å². The summed E-state index contributed by atoms with van der Waals surface area (Å²) in [6.45, 7) is 1.93. The van der Waals surface area contributed by atoms with Crippen molar-refractivity contribution >= 4 is 11.3 Å². The van der Waals surface area contributed by atoms with E-state index in [1.807, 2.05) is 37.6 Å². The number of nitrogens with one attached hydrogen (secondary N) is 1. The Morgan fingerprint density at radius 1 is 1.41 bits per heavy atom. The van der Waals surface area contributed by atoms with Gasteiger partial charge in [-0.3, -0.25) is 0 Å². The predicted molar refractivity (Wildman–Crippen MR) is 71.2 cm³/mol. The summed E-state index contributed by atoms with van der Waals surface area (Å²) in [5.74, 6) is 0.832. The van der Waals surface area contributed by atoms with E-state index in [4.69, 9.17) is 0 Å². The van der Waals surface area contributed by atoms with Crippen LogP contribution in [0, 0.1) is 6.92 Å². The van der Waals surface area contributed by atoms with Crippen LogP contribution in [0.25, 0.3) is 0 Å². The minimum Gasteiger partial charge on any atom is -0.312 e. The van der Waals surface area contributed by atoms with Gasteiger partial charge in [0.1, 0.15) is 5.82 Å². The number of hydrogen-bond donors (Lipinski definition) is 1. The highest BCUT2D eigenvalue weighted by atomic mass is 32.1. The van der Waals surface area contributed by atoms with E-state index in [1.165, 1.54) is 4.88 Å². The number of hydrogen-bond acceptors (Lipinski definition) is 4. The van der Waals surface area contributed by atoms with Crippen molar-refractivity contribution in [1.29, 1.82) is 0 Å². The Kier molecular flexibility index (Phi) is 4.23. The van der Waals surface area contributed by atoms with E-state index < -0.39 is 0 Å².